The molecule has 1 aliphatic carbocycles. The third-order valence-corrected chi connectivity index (χ3v) is 7.47. The number of anilines is 2. The normalized spacial score (nSPS) is 13.8. The summed E-state index contributed by atoms with van der Waals surface area (Å²) >= 11 is 1.41. The summed E-state index contributed by atoms with van der Waals surface area (Å²) in [6.07, 6.45) is 2.32. The summed E-state index contributed by atoms with van der Waals surface area (Å²) in [6, 6.07) is 14.9. The number of rotatable bonds is 7. The van der Waals surface area contributed by atoms with Gasteiger partial charge >= 0.3 is 0 Å². The Hall–Kier alpha value is -2.71. The second-order valence-electron chi connectivity index (χ2n) is 6.84. The minimum absolute atomic E-state index is 0.144. The van der Waals surface area contributed by atoms with Crippen molar-refractivity contribution in [2.24, 2.45) is 0 Å². The predicted octanol–water partition coefficient (Wildman–Crippen LogP) is 4.49. The van der Waals surface area contributed by atoms with Crippen molar-refractivity contribution in [2.45, 2.75) is 30.6 Å². The van der Waals surface area contributed by atoms with Crippen molar-refractivity contribution >= 4 is 38.1 Å². The predicted molar refractivity (Wildman–Crippen MR) is 115 cm³/mol. The summed E-state index contributed by atoms with van der Waals surface area (Å²) in [5.41, 5.74) is 2.02. The van der Waals surface area contributed by atoms with Crippen LogP contribution in [0, 0.1) is 0 Å². The van der Waals surface area contributed by atoms with Crippen LogP contribution in [-0.2, 0) is 10.0 Å². The third-order valence-electron chi connectivity index (χ3n) is 4.77. The summed E-state index contributed by atoms with van der Waals surface area (Å²) in [7, 11) is -3.71. The average molecular weight is 428 g/mol. The van der Waals surface area contributed by atoms with Gasteiger partial charge in [-0.05, 0) is 56.2 Å². The van der Waals surface area contributed by atoms with Gasteiger partial charge in [-0.25, -0.2) is 13.4 Å². The molecule has 1 saturated carbocycles. The van der Waals surface area contributed by atoms with Gasteiger partial charge in [0.1, 0.15) is 0 Å². The molecule has 6 nitrogen and oxygen atoms in total. The van der Waals surface area contributed by atoms with Crippen LogP contribution < -0.4 is 9.62 Å². The number of thiazole rings is 1. The van der Waals surface area contributed by atoms with Gasteiger partial charge < -0.3 is 0 Å². The Morgan fingerprint density at radius 2 is 1.83 bits per heavy atom. The molecule has 1 aliphatic rings. The van der Waals surface area contributed by atoms with Crippen molar-refractivity contribution in [2.75, 3.05) is 16.2 Å². The van der Waals surface area contributed by atoms with E-state index in [-0.39, 0.29) is 10.8 Å². The van der Waals surface area contributed by atoms with Crippen LogP contribution in [0.5, 0.6) is 0 Å². The molecule has 3 aromatic rings. The molecule has 1 N–H and O–H groups in total. The van der Waals surface area contributed by atoms with E-state index < -0.39 is 10.0 Å². The first-order chi connectivity index (χ1) is 14.0. The summed E-state index contributed by atoms with van der Waals surface area (Å²) in [5, 5.41) is 5.33. The first-order valence-corrected chi connectivity index (χ1v) is 11.8. The Labute approximate surface area is 174 Å². The van der Waals surface area contributed by atoms with E-state index in [4.69, 9.17) is 0 Å². The first kappa shape index (κ1) is 19.6. The number of benzene rings is 2. The lowest BCUT2D eigenvalue weighted by Gasteiger charge is -2.22. The Balaban J connectivity index is 1.50. The third kappa shape index (κ3) is 4.18. The molecule has 0 atom stereocenters. The van der Waals surface area contributed by atoms with Crippen LogP contribution in [0.4, 0.5) is 10.8 Å². The lowest BCUT2D eigenvalue weighted by atomic mass is 10.2. The highest BCUT2D eigenvalue weighted by atomic mass is 32.2. The lowest BCUT2D eigenvalue weighted by molar-refractivity contribution is 0.102. The molecule has 0 bridgehead atoms. The average Bonchev–Trinajstić information content (AvgIpc) is 3.48. The van der Waals surface area contributed by atoms with E-state index in [0.717, 1.165) is 18.5 Å². The highest BCUT2D eigenvalue weighted by Gasteiger charge is 2.26. The van der Waals surface area contributed by atoms with Crippen LogP contribution in [0.15, 0.2) is 64.9 Å². The molecule has 4 rings (SSSR count). The van der Waals surface area contributed by atoms with E-state index in [1.165, 1.54) is 39.9 Å². The van der Waals surface area contributed by atoms with Gasteiger partial charge in [-0.15, -0.1) is 11.3 Å². The zero-order valence-corrected chi connectivity index (χ0v) is 17.5. The summed E-state index contributed by atoms with van der Waals surface area (Å²) in [4.78, 5) is 17.1. The molecule has 1 fully saturated rings. The molecule has 1 aromatic heterocycles. The highest BCUT2D eigenvalue weighted by molar-refractivity contribution is 7.92. The zero-order chi connectivity index (χ0) is 20.4. The van der Waals surface area contributed by atoms with Crippen LogP contribution in [0.2, 0.25) is 0 Å². The fourth-order valence-corrected chi connectivity index (χ4v) is 5.33. The van der Waals surface area contributed by atoms with E-state index in [2.05, 4.69) is 10.3 Å². The molecule has 1 heterocycles. The molecular formula is C21H21N3O3S2. The minimum Gasteiger partial charge on any atom is -0.298 e. The molecule has 0 unspecified atom stereocenters. The van der Waals surface area contributed by atoms with Gasteiger partial charge in [-0.1, -0.05) is 18.2 Å². The van der Waals surface area contributed by atoms with E-state index in [1.54, 1.807) is 31.2 Å². The molecule has 29 heavy (non-hydrogen) atoms. The summed E-state index contributed by atoms with van der Waals surface area (Å²) in [5.74, 6) is 0.230. The van der Waals surface area contributed by atoms with Gasteiger partial charge in [0.2, 0.25) is 0 Å². The molecule has 150 valence electrons. The lowest BCUT2D eigenvalue weighted by Crippen LogP contribution is -2.30. The molecule has 0 spiro atoms. The van der Waals surface area contributed by atoms with Crippen molar-refractivity contribution in [3.05, 3.63) is 71.2 Å². The topological polar surface area (TPSA) is 79.4 Å². The molecule has 0 saturated heterocycles. The van der Waals surface area contributed by atoms with E-state index in [9.17, 15) is 13.2 Å². The number of hydrogen-bond donors (Lipinski definition) is 1. The van der Waals surface area contributed by atoms with Crippen molar-refractivity contribution in [1.29, 1.82) is 0 Å². The fourth-order valence-electron chi connectivity index (χ4n) is 3.07. The summed E-state index contributed by atoms with van der Waals surface area (Å²) < 4.78 is 27.4. The number of amides is 1. The minimum atomic E-state index is -3.71. The second kappa shape index (κ2) is 7.96. The maximum atomic E-state index is 13.0. The highest BCUT2D eigenvalue weighted by Crippen LogP contribution is 2.40. The van der Waals surface area contributed by atoms with Gasteiger partial charge in [-0.2, -0.15) is 0 Å². The molecule has 1 amide bonds. The number of para-hydroxylation sites is 1. The number of hydrogen-bond acceptors (Lipinski definition) is 5. The van der Waals surface area contributed by atoms with Crippen LogP contribution in [0.3, 0.4) is 0 Å². The molecule has 8 heteroatoms. The monoisotopic (exact) mass is 427 g/mol. The van der Waals surface area contributed by atoms with Gasteiger partial charge in [0, 0.05) is 23.4 Å². The Bertz CT molecular complexity index is 1110. The maximum Gasteiger partial charge on any atom is 0.264 e. The molecule has 2 aromatic carbocycles. The number of sulfonamides is 1. The largest absolute Gasteiger partial charge is 0.298 e. The standard InChI is InChI=1S/C21H21N3O3S2/c1-2-24(17-6-4-3-5-7-17)29(26,27)18-12-10-16(11-13-18)20(25)23-21-22-19(14-28-21)15-8-9-15/h3-7,10-15H,2,8-9H2,1H3,(H,22,23,25). The Morgan fingerprint density at radius 3 is 2.45 bits per heavy atom. The van der Waals surface area contributed by atoms with Crippen LogP contribution in [0.1, 0.15) is 41.7 Å². The van der Waals surface area contributed by atoms with Gasteiger partial charge in [-0.3, -0.25) is 14.4 Å². The smallest absolute Gasteiger partial charge is 0.264 e. The Morgan fingerprint density at radius 1 is 1.14 bits per heavy atom. The number of aromatic nitrogens is 1. The maximum absolute atomic E-state index is 13.0. The van der Waals surface area contributed by atoms with E-state index >= 15 is 0 Å². The Kier molecular flexibility index (Phi) is 5.38. The fraction of sp³-hybridized carbons (Fsp3) is 0.238. The zero-order valence-electron chi connectivity index (χ0n) is 15.9. The second-order valence-corrected chi connectivity index (χ2v) is 9.56. The quantitative estimate of drug-likeness (QED) is 0.603. The van der Waals surface area contributed by atoms with Crippen molar-refractivity contribution in [3.8, 4) is 0 Å². The number of carbonyl (C=O) groups is 1. The van der Waals surface area contributed by atoms with Gasteiger partial charge in [0.05, 0.1) is 16.3 Å². The van der Waals surface area contributed by atoms with Crippen LogP contribution >= 0.6 is 11.3 Å². The molecular weight excluding hydrogens is 406 g/mol. The van der Waals surface area contributed by atoms with Gasteiger partial charge in [0.25, 0.3) is 15.9 Å². The van der Waals surface area contributed by atoms with Crippen LogP contribution in [-0.4, -0.2) is 25.9 Å². The van der Waals surface area contributed by atoms with E-state index in [1.807, 2.05) is 11.4 Å². The van der Waals surface area contributed by atoms with Crippen LogP contribution in [0.25, 0.3) is 0 Å². The molecule has 0 aliphatic heterocycles. The van der Waals surface area contributed by atoms with E-state index in [0.29, 0.717) is 28.8 Å². The summed E-state index contributed by atoms with van der Waals surface area (Å²) in [6.45, 7) is 2.10. The first-order valence-electron chi connectivity index (χ1n) is 9.43. The number of nitrogens with one attached hydrogen (secondary N) is 1. The van der Waals surface area contributed by atoms with Gasteiger partial charge in [0.15, 0.2) is 5.13 Å². The number of carbonyl (C=O) groups excluding carboxylic acids is 1. The van der Waals surface area contributed by atoms with Crippen molar-refractivity contribution in [1.82, 2.24) is 4.98 Å². The van der Waals surface area contributed by atoms with Crippen molar-refractivity contribution in [3.63, 3.8) is 0 Å². The number of nitrogens with zero attached hydrogens (tertiary/aromatic N) is 2. The SMILES string of the molecule is CCN(c1ccccc1)S(=O)(=O)c1ccc(C(=O)Nc2nc(C3CC3)cs2)cc1. The molecule has 0 radical (unpaired) electrons. The van der Waals surface area contributed by atoms with Crippen molar-refractivity contribution < 1.29 is 13.2 Å².